The van der Waals surface area contributed by atoms with E-state index in [0.717, 1.165) is 11.3 Å². The molecule has 2 heterocycles. The first-order chi connectivity index (χ1) is 14.1. The lowest BCUT2D eigenvalue weighted by Crippen LogP contribution is -2.17. The Kier molecular flexibility index (Phi) is 5.21. The Hall–Kier alpha value is -3.72. The molecule has 0 aliphatic carbocycles. The van der Waals surface area contributed by atoms with Crippen molar-refractivity contribution in [2.24, 2.45) is 12.8 Å². The molecule has 2 aromatic carbocycles. The van der Waals surface area contributed by atoms with Crippen molar-refractivity contribution in [2.75, 3.05) is 25.3 Å². The molecule has 29 heavy (non-hydrogen) atoms. The summed E-state index contributed by atoms with van der Waals surface area (Å²) in [4.78, 5) is 12.3. The summed E-state index contributed by atoms with van der Waals surface area (Å²) in [5, 5.41) is 6.91. The third kappa shape index (κ3) is 4.09. The van der Waals surface area contributed by atoms with Gasteiger partial charge in [-0.1, -0.05) is 0 Å². The summed E-state index contributed by atoms with van der Waals surface area (Å²) in [6.45, 7) is 0.927. The Morgan fingerprint density at radius 2 is 2.07 bits per heavy atom. The second kappa shape index (κ2) is 8.11. The van der Waals surface area contributed by atoms with Gasteiger partial charge in [0.05, 0.1) is 5.69 Å². The lowest BCUT2D eigenvalue weighted by Gasteiger charge is -2.14. The van der Waals surface area contributed by atoms with Crippen LogP contribution >= 0.6 is 0 Å². The first kappa shape index (κ1) is 18.6. The number of aromatic nitrogens is 2. The second-order valence-corrected chi connectivity index (χ2v) is 6.22. The molecule has 1 amide bonds. The van der Waals surface area contributed by atoms with Crippen molar-refractivity contribution in [2.45, 2.75) is 0 Å². The molecule has 9 nitrogen and oxygen atoms in total. The number of aryl methyl sites for hydroxylation is 1. The molecule has 3 aromatic rings. The third-order valence-corrected chi connectivity index (χ3v) is 4.25. The molecule has 0 radical (unpaired) electrons. The molecule has 150 valence electrons. The quantitative estimate of drug-likeness (QED) is 0.659. The van der Waals surface area contributed by atoms with Crippen molar-refractivity contribution in [1.29, 1.82) is 0 Å². The molecule has 1 aliphatic heterocycles. The lowest BCUT2D eigenvalue weighted by molar-refractivity contribution is 0.174. The van der Waals surface area contributed by atoms with Crippen molar-refractivity contribution in [3.63, 3.8) is 0 Å². The Bertz CT molecular complexity index is 1030. The zero-order valence-electron chi connectivity index (χ0n) is 15.8. The van der Waals surface area contributed by atoms with Gasteiger partial charge in [-0.3, -0.25) is 10.00 Å². The third-order valence-electron chi connectivity index (χ3n) is 4.25. The standard InChI is InChI=1S/C20H20N4O5/c1-24-16(6-8-22-24)15-10-13(2-4-17(15)26-9-7-21)23-20(25)29-14-3-5-18-19(11-14)28-12-27-18/h2-6,8,10-11H,7,9,12,21H2,1H3,(H,23,25). The highest BCUT2D eigenvalue weighted by molar-refractivity contribution is 5.88. The van der Waals surface area contributed by atoms with Gasteiger partial charge in [-0.25, -0.2) is 4.79 Å². The maximum Gasteiger partial charge on any atom is 0.417 e. The zero-order valence-corrected chi connectivity index (χ0v) is 15.8. The SMILES string of the molecule is Cn1nccc1-c1cc(NC(=O)Oc2ccc3c(c2)OCO3)ccc1OCCN. The number of nitrogens with two attached hydrogens (primary N) is 1. The number of benzene rings is 2. The van der Waals surface area contributed by atoms with E-state index in [0.29, 0.717) is 41.8 Å². The number of carbonyl (C=O) groups is 1. The van der Waals surface area contributed by atoms with Crippen LogP contribution in [0.1, 0.15) is 0 Å². The number of nitrogens with zero attached hydrogens (tertiary/aromatic N) is 2. The van der Waals surface area contributed by atoms with Crippen molar-refractivity contribution in [3.05, 3.63) is 48.7 Å². The number of hydrogen-bond acceptors (Lipinski definition) is 7. The van der Waals surface area contributed by atoms with Crippen LogP contribution in [0.2, 0.25) is 0 Å². The van der Waals surface area contributed by atoms with Crippen LogP contribution < -0.4 is 30.0 Å². The topological polar surface area (TPSA) is 110 Å². The van der Waals surface area contributed by atoms with Gasteiger partial charge in [-0.05, 0) is 36.4 Å². The number of carbonyl (C=O) groups excluding carboxylic acids is 1. The van der Waals surface area contributed by atoms with Gasteiger partial charge in [0, 0.05) is 37.1 Å². The van der Waals surface area contributed by atoms with E-state index in [4.69, 9.17) is 24.7 Å². The van der Waals surface area contributed by atoms with Gasteiger partial charge in [0.25, 0.3) is 0 Å². The summed E-state index contributed by atoms with van der Waals surface area (Å²) in [6, 6.07) is 12.1. The summed E-state index contributed by atoms with van der Waals surface area (Å²) < 4.78 is 23.3. The molecular formula is C20H20N4O5. The molecule has 1 aliphatic rings. The van der Waals surface area contributed by atoms with E-state index in [1.807, 2.05) is 13.1 Å². The molecule has 0 spiro atoms. The Labute approximate surface area is 166 Å². The Morgan fingerprint density at radius 1 is 1.21 bits per heavy atom. The maximum absolute atomic E-state index is 12.3. The van der Waals surface area contributed by atoms with Crippen LogP contribution in [0.25, 0.3) is 11.3 Å². The van der Waals surface area contributed by atoms with Gasteiger partial charge in [0.2, 0.25) is 6.79 Å². The van der Waals surface area contributed by atoms with Gasteiger partial charge >= 0.3 is 6.09 Å². The maximum atomic E-state index is 12.3. The molecule has 9 heteroatoms. The van der Waals surface area contributed by atoms with Crippen molar-refractivity contribution < 1.29 is 23.7 Å². The molecule has 4 rings (SSSR count). The zero-order chi connectivity index (χ0) is 20.2. The summed E-state index contributed by atoms with van der Waals surface area (Å²) in [7, 11) is 1.83. The molecule has 0 unspecified atom stereocenters. The average molecular weight is 396 g/mol. The second-order valence-electron chi connectivity index (χ2n) is 6.22. The smallest absolute Gasteiger partial charge is 0.417 e. The Morgan fingerprint density at radius 3 is 2.86 bits per heavy atom. The van der Waals surface area contributed by atoms with Crippen LogP contribution in [0.3, 0.4) is 0 Å². The highest BCUT2D eigenvalue weighted by atomic mass is 16.7. The lowest BCUT2D eigenvalue weighted by atomic mass is 10.1. The van der Waals surface area contributed by atoms with Crippen molar-refractivity contribution in [3.8, 4) is 34.3 Å². The predicted molar refractivity (Wildman–Crippen MR) is 105 cm³/mol. The molecule has 0 atom stereocenters. The van der Waals surface area contributed by atoms with E-state index in [9.17, 15) is 4.79 Å². The van der Waals surface area contributed by atoms with Crippen LogP contribution in [-0.4, -0.2) is 35.8 Å². The minimum Gasteiger partial charge on any atom is -0.492 e. The van der Waals surface area contributed by atoms with Gasteiger partial charge in [-0.2, -0.15) is 5.10 Å². The van der Waals surface area contributed by atoms with Crippen molar-refractivity contribution >= 4 is 11.8 Å². The van der Waals surface area contributed by atoms with E-state index in [-0.39, 0.29) is 6.79 Å². The Balaban J connectivity index is 1.52. The summed E-state index contributed by atoms with van der Waals surface area (Å²) in [5.74, 6) is 2.15. The molecule has 3 N–H and O–H groups in total. The van der Waals surface area contributed by atoms with Gasteiger partial charge in [-0.15, -0.1) is 0 Å². The number of amides is 1. The average Bonchev–Trinajstić information content (AvgIpc) is 3.35. The fraction of sp³-hybridized carbons (Fsp3) is 0.200. The number of nitrogens with one attached hydrogen (secondary N) is 1. The predicted octanol–water partition coefficient (Wildman–Crippen LogP) is 2.76. The fourth-order valence-electron chi connectivity index (χ4n) is 2.93. The highest BCUT2D eigenvalue weighted by Crippen LogP contribution is 2.35. The number of anilines is 1. The van der Waals surface area contributed by atoms with Crippen LogP contribution in [0.4, 0.5) is 10.5 Å². The summed E-state index contributed by atoms with van der Waals surface area (Å²) in [5.41, 5.74) is 7.71. The van der Waals surface area contributed by atoms with E-state index in [1.165, 1.54) is 0 Å². The summed E-state index contributed by atoms with van der Waals surface area (Å²) >= 11 is 0. The van der Waals surface area contributed by atoms with Crippen LogP contribution in [0, 0.1) is 0 Å². The molecule has 0 saturated heterocycles. The van der Waals surface area contributed by atoms with Crippen LogP contribution in [0.15, 0.2) is 48.7 Å². The number of fused-ring (bicyclic) bond motifs is 1. The van der Waals surface area contributed by atoms with Gasteiger partial charge in [0.1, 0.15) is 18.1 Å². The van der Waals surface area contributed by atoms with Crippen LogP contribution in [-0.2, 0) is 7.05 Å². The van der Waals surface area contributed by atoms with E-state index in [1.54, 1.807) is 47.3 Å². The molecular weight excluding hydrogens is 376 g/mol. The largest absolute Gasteiger partial charge is 0.492 e. The van der Waals surface area contributed by atoms with Crippen LogP contribution in [0.5, 0.6) is 23.0 Å². The number of hydrogen-bond donors (Lipinski definition) is 2. The molecule has 1 aromatic heterocycles. The van der Waals surface area contributed by atoms with E-state index in [2.05, 4.69) is 10.4 Å². The first-order valence-corrected chi connectivity index (χ1v) is 8.98. The number of rotatable bonds is 6. The minimum absolute atomic E-state index is 0.153. The fourth-order valence-corrected chi connectivity index (χ4v) is 2.93. The molecule has 0 bridgehead atoms. The molecule has 0 saturated carbocycles. The van der Waals surface area contributed by atoms with E-state index < -0.39 is 6.09 Å². The van der Waals surface area contributed by atoms with Crippen molar-refractivity contribution in [1.82, 2.24) is 9.78 Å². The normalized spacial score (nSPS) is 11.9. The molecule has 0 fully saturated rings. The minimum atomic E-state index is -0.629. The monoisotopic (exact) mass is 396 g/mol. The van der Waals surface area contributed by atoms with Gasteiger partial charge < -0.3 is 24.7 Å². The van der Waals surface area contributed by atoms with E-state index >= 15 is 0 Å². The first-order valence-electron chi connectivity index (χ1n) is 8.98. The van der Waals surface area contributed by atoms with Gasteiger partial charge in [0.15, 0.2) is 11.5 Å². The number of ether oxygens (including phenoxy) is 4. The summed E-state index contributed by atoms with van der Waals surface area (Å²) in [6.07, 6.45) is 1.06. The highest BCUT2D eigenvalue weighted by Gasteiger charge is 2.16.